The number of benzene rings is 1. The third-order valence-electron chi connectivity index (χ3n) is 2.98. The van der Waals surface area contributed by atoms with Crippen molar-refractivity contribution < 1.29 is 9.53 Å². The number of nitrogens with one attached hydrogen (secondary N) is 1. The number of carbonyl (C=O) groups excluding carboxylic acids is 1. The van der Waals surface area contributed by atoms with Crippen LogP contribution in [-0.4, -0.2) is 28.3 Å². The second-order valence-electron chi connectivity index (χ2n) is 4.76. The van der Waals surface area contributed by atoms with Gasteiger partial charge in [-0.1, -0.05) is 6.07 Å². The first-order valence-corrected chi connectivity index (χ1v) is 6.91. The fourth-order valence-corrected chi connectivity index (χ4v) is 2.08. The molecule has 6 nitrogen and oxygen atoms in total. The molecule has 2 aromatic rings. The number of aromatic nitrogens is 2. The van der Waals surface area contributed by atoms with E-state index in [9.17, 15) is 4.79 Å². The number of ether oxygens (including phenoxy) is 1. The molecule has 0 bridgehead atoms. The molecule has 1 unspecified atom stereocenters. The maximum Gasteiger partial charge on any atom is 0.255 e. The number of nitrogens with two attached hydrogens (primary N) is 1. The summed E-state index contributed by atoms with van der Waals surface area (Å²) in [5.74, 6) is 0.231. The lowest BCUT2D eigenvalue weighted by atomic mass is 10.1. The number of amides is 1. The molecule has 0 aliphatic carbocycles. The van der Waals surface area contributed by atoms with Crippen molar-refractivity contribution in [2.24, 2.45) is 0 Å². The summed E-state index contributed by atoms with van der Waals surface area (Å²) in [6.45, 7) is 4.84. The zero-order chi connectivity index (χ0) is 15.2. The fraction of sp³-hybridized carbons (Fsp3) is 0.333. The minimum absolute atomic E-state index is 0.0618. The number of nitrogen functional groups attached to an aromatic ring is 1. The molecule has 0 saturated heterocycles. The van der Waals surface area contributed by atoms with Gasteiger partial charge in [0.25, 0.3) is 5.91 Å². The summed E-state index contributed by atoms with van der Waals surface area (Å²) < 4.78 is 7.24. The Morgan fingerprint density at radius 2 is 2.29 bits per heavy atom. The summed E-state index contributed by atoms with van der Waals surface area (Å²) in [6, 6.07) is 6.95. The van der Waals surface area contributed by atoms with Gasteiger partial charge in [-0.15, -0.1) is 0 Å². The van der Waals surface area contributed by atoms with Crippen LogP contribution < -0.4 is 15.8 Å². The molecule has 0 saturated carbocycles. The highest BCUT2D eigenvalue weighted by molar-refractivity contribution is 5.98. The van der Waals surface area contributed by atoms with Gasteiger partial charge in [0.05, 0.1) is 24.4 Å². The van der Waals surface area contributed by atoms with Gasteiger partial charge in [0.1, 0.15) is 0 Å². The molecular formula is C15H20N4O2. The van der Waals surface area contributed by atoms with Gasteiger partial charge >= 0.3 is 0 Å². The van der Waals surface area contributed by atoms with Crippen LogP contribution in [0.2, 0.25) is 0 Å². The quantitative estimate of drug-likeness (QED) is 0.792. The van der Waals surface area contributed by atoms with Crippen molar-refractivity contribution in [1.29, 1.82) is 0 Å². The van der Waals surface area contributed by atoms with Gasteiger partial charge in [-0.05, 0) is 32.0 Å². The van der Waals surface area contributed by atoms with Crippen molar-refractivity contribution in [2.75, 3.05) is 12.3 Å². The maximum absolute atomic E-state index is 12.4. The van der Waals surface area contributed by atoms with Gasteiger partial charge < -0.3 is 15.8 Å². The van der Waals surface area contributed by atoms with Crippen LogP contribution in [0.4, 0.5) is 5.69 Å². The van der Waals surface area contributed by atoms with E-state index in [4.69, 9.17) is 10.5 Å². The fourth-order valence-electron chi connectivity index (χ4n) is 2.08. The largest absolute Gasteiger partial charge is 0.491 e. The van der Waals surface area contributed by atoms with Gasteiger partial charge in [-0.25, -0.2) is 0 Å². The van der Waals surface area contributed by atoms with Crippen molar-refractivity contribution in [3.63, 3.8) is 0 Å². The van der Waals surface area contributed by atoms with E-state index in [-0.39, 0.29) is 11.9 Å². The van der Waals surface area contributed by atoms with Gasteiger partial charge in [0.2, 0.25) is 0 Å². The highest BCUT2D eigenvalue weighted by Crippen LogP contribution is 2.26. The predicted octanol–water partition coefficient (Wildman–Crippen LogP) is 1.68. The smallest absolute Gasteiger partial charge is 0.255 e. The Morgan fingerprint density at radius 3 is 2.95 bits per heavy atom. The minimum Gasteiger partial charge on any atom is -0.491 e. The van der Waals surface area contributed by atoms with Crippen molar-refractivity contribution in [3.8, 4) is 5.75 Å². The van der Waals surface area contributed by atoms with Crippen LogP contribution in [0.1, 0.15) is 24.2 Å². The molecule has 0 fully saturated rings. The number of hydrogen-bond acceptors (Lipinski definition) is 4. The molecule has 0 aliphatic heterocycles. The lowest BCUT2D eigenvalue weighted by molar-refractivity contribution is 0.0932. The topological polar surface area (TPSA) is 82.2 Å². The average molecular weight is 288 g/mol. The SMILES string of the molecule is CCOc1c(N)cccc1C(=O)NC(C)Cn1cccn1. The van der Waals surface area contributed by atoms with Gasteiger partial charge in [0.15, 0.2) is 5.75 Å². The number of hydrogen-bond donors (Lipinski definition) is 2. The predicted molar refractivity (Wildman–Crippen MR) is 81.2 cm³/mol. The van der Waals surface area contributed by atoms with Crippen LogP contribution in [0.3, 0.4) is 0 Å². The number of nitrogens with zero attached hydrogens (tertiary/aromatic N) is 2. The molecule has 1 atom stereocenters. The van der Waals surface area contributed by atoms with E-state index in [1.54, 1.807) is 29.1 Å². The van der Waals surface area contributed by atoms with E-state index in [0.29, 0.717) is 30.2 Å². The Kier molecular flexibility index (Phi) is 4.81. The molecule has 1 aromatic heterocycles. The number of anilines is 1. The van der Waals surface area contributed by atoms with Crippen molar-refractivity contribution in [1.82, 2.24) is 15.1 Å². The summed E-state index contributed by atoms with van der Waals surface area (Å²) >= 11 is 0. The Labute approximate surface area is 123 Å². The van der Waals surface area contributed by atoms with Gasteiger partial charge in [-0.2, -0.15) is 5.10 Å². The van der Waals surface area contributed by atoms with E-state index in [0.717, 1.165) is 0 Å². The average Bonchev–Trinajstić information content (AvgIpc) is 2.93. The molecule has 1 amide bonds. The van der Waals surface area contributed by atoms with E-state index in [2.05, 4.69) is 10.4 Å². The molecular weight excluding hydrogens is 268 g/mol. The Balaban J connectivity index is 2.07. The highest BCUT2D eigenvalue weighted by atomic mass is 16.5. The third-order valence-corrected chi connectivity index (χ3v) is 2.98. The van der Waals surface area contributed by atoms with Crippen LogP contribution >= 0.6 is 0 Å². The lowest BCUT2D eigenvalue weighted by Gasteiger charge is -2.16. The molecule has 2 rings (SSSR count). The number of carbonyl (C=O) groups is 1. The van der Waals surface area contributed by atoms with Crippen LogP contribution in [0, 0.1) is 0 Å². The van der Waals surface area contributed by atoms with Crippen LogP contribution in [-0.2, 0) is 6.54 Å². The van der Waals surface area contributed by atoms with E-state index in [1.165, 1.54) is 0 Å². The van der Waals surface area contributed by atoms with Crippen LogP contribution in [0.25, 0.3) is 0 Å². The molecule has 6 heteroatoms. The zero-order valence-corrected chi connectivity index (χ0v) is 12.2. The van der Waals surface area contributed by atoms with E-state index in [1.807, 2.05) is 26.1 Å². The Morgan fingerprint density at radius 1 is 1.48 bits per heavy atom. The standard InChI is InChI=1S/C15H20N4O2/c1-3-21-14-12(6-4-7-13(14)16)15(20)18-11(2)10-19-9-5-8-17-19/h4-9,11H,3,10,16H2,1-2H3,(H,18,20). The monoisotopic (exact) mass is 288 g/mol. The normalized spacial score (nSPS) is 11.9. The van der Waals surface area contributed by atoms with Crippen LogP contribution in [0.15, 0.2) is 36.7 Å². The second-order valence-corrected chi connectivity index (χ2v) is 4.76. The summed E-state index contributed by atoms with van der Waals surface area (Å²) in [7, 11) is 0. The molecule has 21 heavy (non-hydrogen) atoms. The lowest BCUT2D eigenvalue weighted by Crippen LogP contribution is -2.36. The molecule has 1 heterocycles. The zero-order valence-electron chi connectivity index (χ0n) is 12.2. The summed E-state index contributed by atoms with van der Waals surface area (Å²) in [6.07, 6.45) is 3.56. The maximum atomic E-state index is 12.4. The molecule has 3 N–H and O–H groups in total. The molecule has 1 aromatic carbocycles. The second kappa shape index (κ2) is 6.78. The molecule has 0 spiro atoms. The van der Waals surface area contributed by atoms with Crippen molar-refractivity contribution in [3.05, 3.63) is 42.2 Å². The van der Waals surface area contributed by atoms with Crippen LogP contribution in [0.5, 0.6) is 5.75 Å². The number of rotatable bonds is 6. The van der Waals surface area contributed by atoms with Gasteiger partial charge in [0, 0.05) is 18.4 Å². The minimum atomic E-state index is -0.203. The van der Waals surface area contributed by atoms with Crippen molar-refractivity contribution in [2.45, 2.75) is 26.4 Å². The first-order valence-electron chi connectivity index (χ1n) is 6.91. The van der Waals surface area contributed by atoms with Crippen molar-refractivity contribution >= 4 is 11.6 Å². The van der Waals surface area contributed by atoms with E-state index >= 15 is 0 Å². The first kappa shape index (κ1) is 14.9. The summed E-state index contributed by atoms with van der Waals surface area (Å²) in [5.41, 5.74) is 6.78. The van der Waals surface area contributed by atoms with E-state index < -0.39 is 0 Å². The van der Waals surface area contributed by atoms with Gasteiger partial charge in [-0.3, -0.25) is 9.48 Å². The molecule has 0 aliphatic rings. The summed E-state index contributed by atoms with van der Waals surface area (Å²) in [4.78, 5) is 12.4. The molecule has 0 radical (unpaired) electrons. The Bertz CT molecular complexity index is 596. The molecule has 112 valence electrons. The number of para-hydroxylation sites is 1. The highest BCUT2D eigenvalue weighted by Gasteiger charge is 2.17. The third kappa shape index (κ3) is 3.75. The first-order chi connectivity index (χ1) is 10.1. The summed E-state index contributed by atoms with van der Waals surface area (Å²) in [5, 5.41) is 7.04. The Hall–Kier alpha value is -2.50.